The van der Waals surface area contributed by atoms with Crippen LogP contribution in [0.25, 0.3) is 16.8 Å². The number of aromatic nitrogens is 4. The Bertz CT molecular complexity index is 1770. The molecule has 2 N–H and O–H groups in total. The highest BCUT2D eigenvalue weighted by Crippen LogP contribution is 2.44. The van der Waals surface area contributed by atoms with Gasteiger partial charge in [0.15, 0.2) is 5.78 Å². The van der Waals surface area contributed by atoms with Crippen molar-refractivity contribution in [2.24, 2.45) is 5.92 Å². The Labute approximate surface area is 248 Å². The lowest BCUT2D eigenvalue weighted by Gasteiger charge is -2.28. The highest BCUT2D eigenvalue weighted by molar-refractivity contribution is 5.98. The minimum Gasteiger partial charge on any atom is -0.445 e. The number of anilines is 1. The molecule has 10 heteroatoms. The number of imidazole rings is 1. The molecule has 43 heavy (non-hydrogen) atoms. The maximum Gasteiger partial charge on any atom is 0.411 e. The Morgan fingerprint density at radius 2 is 1.77 bits per heavy atom. The van der Waals surface area contributed by atoms with Crippen LogP contribution in [-0.4, -0.2) is 55.4 Å². The fourth-order valence-electron chi connectivity index (χ4n) is 6.14. The highest BCUT2D eigenvalue weighted by atomic mass is 16.6. The van der Waals surface area contributed by atoms with Gasteiger partial charge in [-0.1, -0.05) is 60.7 Å². The summed E-state index contributed by atoms with van der Waals surface area (Å²) in [5.41, 5.74) is 10.7. The Hall–Kier alpha value is -5.09. The van der Waals surface area contributed by atoms with E-state index in [1.54, 1.807) is 29.4 Å². The van der Waals surface area contributed by atoms with Crippen LogP contribution in [0.3, 0.4) is 0 Å². The van der Waals surface area contributed by atoms with Gasteiger partial charge in [0, 0.05) is 41.3 Å². The minimum atomic E-state index is -0.400. The molecule has 2 fully saturated rings. The van der Waals surface area contributed by atoms with Crippen LogP contribution in [0, 0.1) is 5.92 Å². The van der Waals surface area contributed by atoms with Crippen molar-refractivity contribution < 1.29 is 19.1 Å². The number of nitrogens with zero attached hydrogens (tertiary/aromatic N) is 5. The number of nitrogen functional groups attached to an aromatic ring is 1. The topological polar surface area (TPSA) is 125 Å². The van der Waals surface area contributed by atoms with Crippen molar-refractivity contribution >= 4 is 23.2 Å². The number of ether oxygens (including phenoxy) is 2. The molecule has 0 aliphatic carbocycles. The van der Waals surface area contributed by atoms with Crippen LogP contribution in [0.4, 0.5) is 10.6 Å². The van der Waals surface area contributed by atoms with Crippen LogP contribution in [-0.2, 0) is 22.5 Å². The maximum atomic E-state index is 13.6. The van der Waals surface area contributed by atoms with Crippen LogP contribution in [0.2, 0.25) is 0 Å². The second kappa shape index (κ2) is 11.3. The number of hydrogen-bond donors (Lipinski definition) is 1. The molecule has 3 atom stereocenters. The van der Waals surface area contributed by atoms with E-state index in [-0.39, 0.29) is 36.8 Å². The van der Waals surface area contributed by atoms with Crippen LogP contribution >= 0.6 is 0 Å². The van der Waals surface area contributed by atoms with E-state index >= 15 is 0 Å². The first-order chi connectivity index (χ1) is 21.1. The van der Waals surface area contributed by atoms with Crippen LogP contribution in [0.5, 0.6) is 0 Å². The van der Waals surface area contributed by atoms with Crippen LogP contribution in [0.1, 0.15) is 39.9 Å². The normalized spacial score (nSPS) is 19.4. The van der Waals surface area contributed by atoms with Crippen molar-refractivity contribution in [1.82, 2.24) is 24.3 Å². The molecule has 0 unspecified atom stereocenters. The molecular weight excluding hydrogens is 544 g/mol. The molecule has 0 bridgehead atoms. The monoisotopic (exact) mass is 574 g/mol. The molecular formula is C33H30N6O4. The summed E-state index contributed by atoms with van der Waals surface area (Å²) in [4.78, 5) is 42.0. The number of Topliss-reactive ketones (excluding diaryl/α,β-unsaturated/α-hetero) is 1. The molecule has 2 aliphatic rings. The van der Waals surface area contributed by atoms with Gasteiger partial charge in [-0.15, -0.1) is 0 Å². The number of benzene rings is 2. The first kappa shape index (κ1) is 26.8. The van der Waals surface area contributed by atoms with Gasteiger partial charge in [-0.2, -0.15) is 0 Å². The van der Waals surface area contributed by atoms with E-state index in [1.165, 1.54) is 0 Å². The van der Waals surface area contributed by atoms with E-state index in [9.17, 15) is 9.59 Å². The van der Waals surface area contributed by atoms with E-state index in [1.807, 2.05) is 71.3 Å². The van der Waals surface area contributed by atoms with Crippen molar-refractivity contribution in [2.45, 2.75) is 31.5 Å². The molecule has 0 saturated carbocycles. The summed E-state index contributed by atoms with van der Waals surface area (Å²) in [7, 11) is 0. The van der Waals surface area contributed by atoms with Gasteiger partial charge in [-0.05, 0) is 24.1 Å². The number of carbonyl (C=O) groups excluding carboxylic acids is 2. The third kappa shape index (κ3) is 5.10. The fraction of sp³-hybridized carbons (Fsp3) is 0.242. The SMILES string of the molecule is Nc1nccn2c([C@@H]3C[C@H]4COC[C@H]4N3C(=O)OCc3ccccc3)nc(-c3ccc(C(=O)Cc4ccccn4)cc3)c12. The lowest BCUT2D eigenvalue weighted by Crippen LogP contribution is -2.40. The average molecular weight is 575 g/mol. The number of amides is 1. The Balaban J connectivity index is 1.21. The number of hydrogen-bond acceptors (Lipinski definition) is 8. The first-order valence-corrected chi connectivity index (χ1v) is 14.3. The summed E-state index contributed by atoms with van der Waals surface area (Å²) in [6.07, 6.45) is 5.64. The Morgan fingerprint density at radius 3 is 2.56 bits per heavy atom. The van der Waals surface area contributed by atoms with Gasteiger partial charge >= 0.3 is 6.09 Å². The molecule has 1 amide bonds. The molecule has 0 spiro atoms. The summed E-state index contributed by atoms with van der Waals surface area (Å²) in [6, 6.07) is 22.0. The first-order valence-electron chi connectivity index (χ1n) is 14.3. The zero-order valence-electron chi connectivity index (χ0n) is 23.4. The number of nitrogens with two attached hydrogens (primary N) is 1. The van der Waals surface area contributed by atoms with Crippen molar-refractivity contribution in [1.29, 1.82) is 0 Å². The fourth-order valence-corrected chi connectivity index (χ4v) is 6.14. The average Bonchev–Trinajstić information content (AvgIpc) is 3.75. The Morgan fingerprint density at radius 1 is 0.953 bits per heavy atom. The molecule has 0 radical (unpaired) electrons. The lowest BCUT2D eigenvalue weighted by molar-refractivity contribution is 0.0653. The number of ketones is 1. The smallest absolute Gasteiger partial charge is 0.411 e. The predicted molar refractivity (Wildman–Crippen MR) is 159 cm³/mol. The Kier molecular flexibility index (Phi) is 7.04. The standard InChI is InChI=1S/C33H30N6O4/c34-31-30-29(23-11-9-22(10-12-23)28(40)17-25-8-4-5-13-35-25)37-32(38(30)15-14-36-31)26-16-24-19-42-20-27(24)39(26)33(41)43-18-21-6-2-1-3-7-21/h1-15,24,26-27H,16-20H2,(H2,34,36)/t24-,26-,27+/m0/s1. The summed E-state index contributed by atoms with van der Waals surface area (Å²) < 4.78 is 13.5. The number of carbonyl (C=O) groups is 2. The molecule has 5 aromatic rings. The maximum absolute atomic E-state index is 13.6. The highest BCUT2D eigenvalue weighted by Gasteiger charge is 2.49. The largest absolute Gasteiger partial charge is 0.445 e. The third-order valence-electron chi connectivity index (χ3n) is 8.26. The van der Waals surface area contributed by atoms with E-state index in [0.717, 1.165) is 16.8 Å². The van der Waals surface area contributed by atoms with E-state index in [0.29, 0.717) is 48.1 Å². The van der Waals surface area contributed by atoms with Gasteiger partial charge in [0.2, 0.25) is 0 Å². The molecule has 5 heterocycles. The van der Waals surface area contributed by atoms with Crippen molar-refractivity contribution in [3.8, 4) is 11.3 Å². The van der Waals surface area contributed by atoms with E-state index in [2.05, 4.69) is 9.97 Å². The van der Waals surface area contributed by atoms with Gasteiger partial charge in [-0.25, -0.2) is 14.8 Å². The number of fused-ring (bicyclic) bond motifs is 2. The molecule has 2 aromatic carbocycles. The summed E-state index contributed by atoms with van der Waals surface area (Å²) in [5.74, 6) is 1.16. The van der Waals surface area contributed by atoms with Gasteiger partial charge in [0.05, 0.1) is 31.7 Å². The van der Waals surface area contributed by atoms with Gasteiger partial charge < -0.3 is 15.2 Å². The summed E-state index contributed by atoms with van der Waals surface area (Å²) in [6.45, 7) is 1.21. The van der Waals surface area contributed by atoms with Crippen LogP contribution in [0.15, 0.2) is 91.4 Å². The van der Waals surface area contributed by atoms with Gasteiger partial charge in [0.1, 0.15) is 29.5 Å². The molecule has 2 aliphatic heterocycles. The van der Waals surface area contributed by atoms with Gasteiger partial charge in [0.25, 0.3) is 0 Å². The summed E-state index contributed by atoms with van der Waals surface area (Å²) >= 11 is 0. The second-order valence-corrected chi connectivity index (χ2v) is 10.9. The zero-order valence-corrected chi connectivity index (χ0v) is 23.4. The van der Waals surface area contributed by atoms with E-state index in [4.69, 9.17) is 20.2 Å². The predicted octanol–water partition coefficient (Wildman–Crippen LogP) is 4.90. The molecule has 2 saturated heterocycles. The number of pyridine rings is 1. The lowest BCUT2D eigenvalue weighted by atomic mass is 10.0. The second-order valence-electron chi connectivity index (χ2n) is 10.9. The molecule has 3 aromatic heterocycles. The minimum absolute atomic E-state index is 0.0220. The number of rotatable bonds is 7. The number of likely N-dealkylation sites (tertiary alicyclic amines) is 1. The van der Waals surface area contributed by atoms with Gasteiger partial charge in [-0.3, -0.25) is 19.1 Å². The van der Waals surface area contributed by atoms with Crippen molar-refractivity contribution in [3.63, 3.8) is 0 Å². The third-order valence-corrected chi connectivity index (χ3v) is 8.26. The molecule has 7 rings (SSSR count). The van der Waals surface area contributed by atoms with Crippen molar-refractivity contribution in [2.75, 3.05) is 18.9 Å². The summed E-state index contributed by atoms with van der Waals surface area (Å²) in [5, 5.41) is 0. The zero-order chi connectivity index (χ0) is 29.3. The van der Waals surface area contributed by atoms with E-state index < -0.39 is 6.09 Å². The van der Waals surface area contributed by atoms with Crippen LogP contribution < -0.4 is 5.73 Å². The van der Waals surface area contributed by atoms with Crippen molar-refractivity contribution in [3.05, 3.63) is 114 Å². The molecule has 10 nitrogen and oxygen atoms in total. The molecule has 216 valence electrons. The quantitative estimate of drug-likeness (QED) is 0.272.